The molecule has 0 aromatic carbocycles. The van der Waals surface area contributed by atoms with Crippen LogP contribution in [0.1, 0.15) is 0 Å². The minimum absolute atomic E-state index is 0. The fourth-order valence-electron chi connectivity index (χ4n) is 0. The van der Waals surface area contributed by atoms with Crippen molar-refractivity contribution in [2.24, 2.45) is 0 Å². The van der Waals surface area contributed by atoms with Crippen molar-refractivity contribution in [3.63, 3.8) is 0 Å². The quantitative estimate of drug-likeness (QED) is 0.385. The first-order valence-electron chi connectivity index (χ1n) is 0. The normalized spacial score (nSPS) is 0. The molecule has 0 aliphatic rings. The number of rotatable bonds is 0. The molecule has 0 aromatic heterocycles. The second-order valence-electron chi connectivity index (χ2n) is 0. The largest absolute Gasteiger partial charge is 3.00 e. The molecule has 0 aliphatic carbocycles. The first-order valence-corrected chi connectivity index (χ1v) is 0. The standard InChI is InChI=1S/2Ce.5O.W/q2*+3;5*-2;. The molecule has 0 amide bonds. The summed E-state index contributed by atoms with van der Waals surface area (Å²) in [4.78, 5) is 0. The Morgan fingerprint density at radius 1 is 0.375 bits per heavy atom. The van der Waals surface area contributed by atoms with Crippen LogP contribution in [-0.2, 0) is 48.4 Å². The predicted molar refractivity (Wildman–Crippen MR) is 3.43 cm³/mol. The summed E-state index contributed by atoms with van der Waals surface area (Å²) < 4.78 is 0. The Morgan fingerprint density at radius 3 is 0.375 bits per heavy atom. The molecule has 2 radical (unpaired) electrons. The van der Waals surface area contributed by atoms with E-state index in [1.165, 1.54) is 0 Å². The predicted octanol–water partition coefficient (Wildman–Crippen LogP) is -0.596. The third-order valence-electron chi connectivity index (χ3n) is 0. The van der Waals surface area contributed by atoms with Gasteiger partial charge in [-0.25, -0.2) is 0 Å². The van der Waals surface area contributed by atoms with Gasteiger partial charge in [0.2, 0.25) is 0 Å². The van der Waals surface area contributed by atoms with Crippen LogP contribution in [0.4, 0.5) is 0 Å². The van der Waals surface area contributed by atoms with Crippen molar-refractivity contribution >= 4 is 0 Å². The van der Waals surface area contributed by atoms with Gasteiger partial charge in [-0.2, -0.15) is 0 Å². The summed E-state index contributed by atoms with van der Waals surface area (Å²) in [6.07, 6.45) is 0. The van der Waals surface area contributed by atoms with Gasteiger partial charge >= 0.3 is 83.5 Å². The molecule has 0 aromatic rings. The average molecular weight is 544 g/mol. The zero-order chi connectivity index (χ0) is 0. The van der Waals surface area contributed by atoms with Crippen molar-refractivity contribution in [3.8, 4) is 0 Å². The van der Waals surface area contributed by atoms with Crippen LogP contribution < -0.4 is 0 Å². The Hall–Kier alpha value is 3.24. The molecule has 0 saturated carbocycles. The molecule has 0 atom stereocenters. The van der Waals surface area contributed by atoms with Gasteiger partial charge in [-0.15, -0.1) is 0 Å². The van der Waals surface area contributed by atoms with E-state index < -0.39 is 0 Å². The molecule has 8 heavy (non-hydrogen) atoms. The van der Waals surface area contributed by atoms with Gasteiger partial charge in [0.1, 0.15) is 0 Å². The molecule has 0 spiro atoms. The smallest absolute Gasteiger partial charge is 2.00 e. The molecular formula is Ce2O5W-4. The second-order valence-corrected chi connectivity index (χ2v) is 0. The first kappa shape index (κ1) is 112. The van der Waals surface area contributed by atoms with Crippen molar-refractivity contribution < 1.29 is 132 Å². The van der Waals surface area contributed by atoms with Crippen LogP contribution in [0.25, 0.3) is 0 Å². The Balaban J connectivity index is 0. The van der Waals surface area contributed by atoms with Crippen LogP contribution >= 0.6 is 0 Å². The van der Waals surface area contributed by atoms with E-state index in [0.717, 1.165) is 0 Å². The second kappa shape index (κ2) is 83.2. The summed E-state index contributed by atoms with van der Waals surface area (Å²) in [5.41, 5.74) is 0. The van der Waals surface area contributed by atoms with Gasteiger partial charge in [-0.3, -0.25) is 0 Å². The Kier molecular flexibility index (Phi) is 1170. The molecule has 5 nitrogen and oxygen atoms in total. The Morgan fingerprint density at radius 2 is 0.375 bits per heavy atom. The van der Waals surface area contributed by atoms with Crippen LogP contribution in [0, 0.1) is 83.5 Å². The summed E-state index contributed by atoms with van der Waals surface area (Å²) in [7, 11) is 0. The van der Waals surface area contributed by atoms with E-state index in [1.807, 2.05) is 0 Å². The van der Waals surface area contributed by atoms with E-state index >= 15 is 0 Å². The Labute approximate surface area is 129 Å². The average Bonchev–Trinajstić information content (AvgIpc) is 0. The maximum Gasteiger partial charge on any atom is 3.00 e. The van der Waals surface area contributed by atoms with Gasteiger partial charge < -0.3 is 27.4 Å². The molecular weight excluding hydrogens is 544 g/mol. The monoisotopic (exact) mass is 544 g/mol. The minimum Gasteiger partial charge on any atom is -2.00 e. The zero-order valence-electron chi connectivity index (χ0n) is 3.45. The van der Waals surface area contributed by atoms with Crippen LogP contribution in [0.2, 0.25) is 0 Å². The molecule has 0 rings (SSSR count). The van der Waals surface area contributed by atoms with E-state index in [0.29, 0.717) is 0 Å². The third-order valence-corrected chi connectivity index (χ3v) is 0. The first-order chi connectivity index (χ1) is 0. The van der Waals surface area contributed by atoms with Crippen LogP contribution in [0.15, 0.2) is 0 Å². The van der Waals surface area contributed by atoms with Crippen molar-refractivity contribution in [2.45, 2.75) is 0 Å². The van der Waals surface area contributed by atoms with Crippen molar-refractivity contribution in [3.05, 3.63) is 0 Å². The molecule has 0 bridgehead atoms. The summed E-state index contributed by atoms with van der Waals surface area (Å²) in [6, 6.07) is 0. The number of hydrogen-bond donors (Lipinski definition) is 0. The molecule has 0 saturated heterocycles. The van der Waals surface area contributed by atoms with E-state index in [1.54, 1.807) is 0 Å². The van der Waals surface area contributed by atoms with Crippen molar-refractivity contribution in [1.29, 1.82) is 0 Å². The van der Waals surface area contributed by atoms with E-state index in [2.05, 4.69) is 0 Å². The molecule has 0 aliphatic heterocycles. The fourth-order valence-corrected chi connectivity index (χ4v) is 0. The topological polar surface area (TPSA) is 142 Å². The van der Waals surface area contributed by atoms with Gasteiger partial charge in [-0.1, -0.05) is 0 Å². The SMILES string of the molecule is [Ce+3].[Ce+3].[O-2].[O-2].[O-2].[O-2].[O-2].[W]. The summed E-state index contributed by atoms with van der Waals surface area (Å²) in [6.45, 7) is 0. The van der Waals surface area contributed by atoms with E-state index in [-0.39, 0.29) is 132 Å². The van der Waals surface area contributed by atoms with E-state index in [9.17, 15) is 0 Å². The summed E-state index contributed by atoms with van der Waals surface area (Å²) >= 11 is 0. The molecule has 0 heterocycles. The van der Waals surface area contributed by atoms with Crippen LogP contribution in [0.5, 0.6) is 0 Å². The maximum atomic E-state index is 0. The van der Waals surface area contributed by atoms with Crippen LogP contribution in [0.3, 0.4) is 0 Å². The fraction of sp³-hybridized carbons (Fsp3) is 0. The van der Waals surface area contributed by atoms with Crippen LogP contribution in [-0.4, -0.2) is 0 Å². The molecule has 48 valence electrons. The van der Waals surface area contributed by atoms with Gasteiger partial charge in [0.25, 0.3) is 0 Å². The van der Waals surface area contributed by atoms with Gasteiger partial charge in [0, 0.05) is 21.1 Å². The van der Waals surface area contributed by atoms with Crippen molar-refractivity contribution in [1.82, 2.24) is 0 Å². The molecule has 0 fully saturated rings. The van der Waals surface area contributed by atoms with Crippen molar-refractivity contribution in [2.75, 3.05) is 0 Å². The van der Waals surface area contributed by atoms with E-state index in [4.69, 9.17) is 0 Å². The molecule has 0 N–H and O–H groups in total. The summed E-state index contributed by atoms with van der Waals surface area (Å²) in [5.74, 6) is 0. The maximum absolute atomic E-state index is 0. The Bertz CT molecular complexity index is 10.4. The minimum atomic E-state index is 0. The summed E-state index contributed by atoms with van der Waals surface area (Å²) in [5, 5.41) is 0. The number of hydrogen-bond acceptors (Lipinski definition) is 0. The van der Waals surface area contributed by atoms with Gasteiger partial charge in [-0.05, 0) is 0 Å². The zero-order valence-corrected chi connectivity index (χ0v) is 12.7. The molecule has 8 heteroatoms. The van der Waals surface area contributed by atoms with Gasteiger partial charge in [0.05, 0.1) is 0 Å². The third kappa shape index (κ3) is 59.7. The van der Waals surface area contributed by atoms with Gasteiger partial charge in [0.15, 0.2) is 0 Å². The molecule has 0 unspecified atom stereocenters.